The number of rotatable bonds is 7. The van der Waals surface area contributed by atoms with E-state index in [0.29, 0.717) is 17.7 Å². The van der Waals surface area contributed by atoms with E-state index in [-0.39, 0.29) is 17.2 Å². The molecule has 0 aromatic heterocycles. The first-order valence-electron chi connectivity index (χ1n) is 12.2. The molecule has 2 N–H and O–H groups in total. The van der Waals surface area contributed by atoms with E-state index in [4.69, 9.17) is 4.74 Å². The van der Waals surface area contributed by atoms with Gasteiger partial charge in [-0.1, -0.05) is 24.6 Å². The minimum atomic E-state index is -0.163. The lowest BCUT2D eigenvalue weighted by Crippen LogP contribution is -2.43. The molecule has 2 aromatic carbocycles. The molecule has 0 saturated carbocycles. The molecule has 2 heterocycles. The third kappa shape index (κ3) is 5.86. The van der Waals surface area contributed by atoms with Crippen molar-refractivity contribution >= 4 is 17.4 Å². The van der Waals surface area contributed by atoms with Gasteiger partial charge < -0.3 is 20.3 Å². The van der Waals surface area contributed by atoms with Gasteiger partial charge in [-0.05, 0) is 76.0 Å². The fraction of sp³-hybridized carbons (Fsp3) is 0.429. The average Bonchev–Trinajstić information content (AvgIpc) is 2.84. The third-order valence-electron chi connectivity index (χ3n) is 6.58. The maximum Gasteiger partial charge on any atom is 0.251 e. The Morgan fingerprint density at radius 3 is 2.47 bits per heavy atom. The number of likely N-dealkylation sites (tertiary alicyclic amines) is 1. The Bertz CT molecular complexity index is 1070. The largest absolute Gasteiger partial charge is 0.497 e. The minimum Gasteiger partial charge on any atom is -0.497 e. The highest BCUT2D eigenvalue weighted by Gasteiger charge is 2.28. The molecule has 0 unspecified atom stereocenters. The zero-order valence-corrected chi connectivity index (χ0v) is 20.4. The highest BCUT2D eigenvalue weighted by atomic mass is 16.5. The second-order valence-corrected chi connectivity index (χ2v) is 9.87. The number of hydrogen-bond acceptors (Lipinski definition) is 5. The number of hydrogen-bond donors (Lipinski definition) is 2. The molecule has 1 amide bonds. The fourth-order valence-corrected chi connectivity index (χ4v) is 4.77. The average molecular weight is 462 g/mol. The van der Waals surface area contributed by atoms with E-state index < -0.39 is 0 Å². The van der Waals surface area contributed by atoms with Crippen LogP contribution in [0.4, 0.5) is 0 Å². The highest BCUT2D eigenvalue weighted by molar-refractivity contribution is 6.09. The van der Waals surface area contributed by atoms with E-state index in [9.17, 15) is 9.59 Å². The Morgan fingerprint density at radius 1 is 1.06 bits per heavy atom. The van der Waals surface area contributed by atoms with Gasteiger partial charge in [-0.3, -0.25) is 9.59 Å². The first kappa shape index (κ1) is 24.0. The van der Waals surface area contributed by atoms with Crippen molar-refractivity contribution in [3.8, 4) is 5.75 Å². The van der Waals surface area contributed by atoms with Crippen molar-refractivity contribution in [3.05, 3.63) is 70.8 Å². The second-order valence-electron chi connectivity index (χ2n) is 9.87. The number of ether oxygens (including phenoxy) is 1. The van der Waals surface area contributed by atoms with E-state index in [1.54, 1.807) is 37.5 Å². The standard InChI is InChI=1S/C28H35N3O3/c1-28(2)19-22-11-12-23(34-3)17-24(22)25(30-28)18-26(32)20-7-9-21(10-8-20)27(33)29-13-16-31-14-5-4-6-15-31/h7-12,17-18,30H,4-6,13-16,19H2,1-3H3,(H,29,33)/b25-18-. The summed E-state index contributed by atoms with van der Waals surface area (Å²) < 4.78 is 5.39. The third-order valence-corrected chi connectivity index (χ3v) is 6.58. The van der Waals surface area contributed by atoms with E-state index in [1.165, 1.54) is 24.8 Å². The number of ketones is 1. The Balaban J connectivity index is 1.43. The molecule has 6 heteroatoms. The number of benzene rings is 2. The van der Waals surface area contributed by atoms with Gasteiger partial charge in [0.05, 0.1) is 7.11 Å². The number of methoxy groups -OCH3 is 1. The van der Waals surface area contributed by atoms with Gasteiger partial charge in [-0.2, -0.15) is 0 Å². The van der Waals surface area contributed by atoms with Crippen molar-refractivity contribution in [3.63, 3.8) is 0 Å². The Kier molecular flexibility index (Phi) is 7.37. The lowest BCUT2D eigenvalue weighted by atomic mass is 9.85. The van der Waals surface area contributed by atoms with Crippen LogP contribution in [0.5, 0.6) is 5.75 Å². The van der Waals surface area contributed by atoms with Gasteiger partial charge in [0.15, 0.2) is 5.78 Å². The van der Waals surface area contributed by atoms with E-state index in [0.717, 1.165) is 43.1 Å². The molecule has 6 nitrogen and oxygen atoms in total. The molecule has 2 aromatic rings. The van der Waals surface area contributed by atoms with E-state index in [1.807, 2.05) is 12.1 Å². The summed E-state index contributed by atoms with van der Waals surface area (Å²) in [6, 6.07) is 12.9. The Hall–Kier alpha value is -3.12. The molecular formula is C28H35N3O3. The molecule has 180 valence electrons. The van der Waals surface area contributed by atoms with Crippen LogP contribution in [0.2, 0.25) is 0 Å². The SMILES string of the molecule is COc1ccc2c(c1)/C(=C/C(=O)c1ccc(C(=O)NCCN3CCCCC3)cc1)NC(C)(C)C2. The monoisotopic (exact) mass is 461 g/mol. The topological polar surface area (TPSA) is 70.7 Å². The first-order chi connectivity index (χ1) is 16.3. The summed E-state index contributed by atoms with van der Waals surface area (Å²) in [5.74, 6) is 0.548. The number of nitrogens with one attached hydrogen (secondary N) is 2. The van der Waals surface area contributed by atoms with Crippen molar-refractivity contribution < 1.29 is 14.3 Å². The molecule has 2 aliphatic rings. The van der Waals surface area contributed by atoms with Gasteiger partial charge in [0.1, 0.15) is 5.75 Å². The van der Waals surface area contributed by atoms with Crippen LogP contribution in [0.25, 0.3) is 5.70 Å². The summed E-state index contributed by atoms with van der Waals surface area (Å²) in [6.07, 6.45) is 6.29. The van der Waals surface area contributed by atoms with Gasteiger partial charge in [0, 0.05) is 47.1 Å². The van der Waals surface area contributed by atoms with Crippen molar-refractivity contribution in [2.75, 3.05) is 33.3 Å². The summed E-state index contributed by atoms with van der Waals surface area (Å²) in [4.78, 5) is 28.0. The summed E-state index contributed by atoms with van der Waals surface area (Å²) in [7, 11) is 1.64. The molecule has 2 aliphatic heterocycles. The van der Waals surface area contributed by atoms with Crippen LogP contribution in [-0.2, 0) is 6.42 Å². The summed E-state index contributed by atoms with van der Waals surface area (Å²) in [6.45, 7) is 7.99. The fourth-order valence-electron chi connectivity index (χ4n) is 4.77. The van der Waals surface area contributed by atoms with Crippen LogP contribution in [0.3, 0.4) is 0 Å². The quantitative estimate of drug-likeness (QED) is 0.481. The summed E-state index contributed by atoms with van der Waals surface area (Å²) in [5, 5.41) is 6.49. The normalized spacial score (nSPS) is 18.6. The molecule has 0 bridgehead atoms. The molecular weight excluding hydrogens is 426 g/mol. The van der Waals surface area contributed by atoms with Crippen molar-refractivity contribution in [1.82, 2.24) is 15.5 Å². The molecule has 4 rings (SSSR count). The zero-order valence-electron chi connectivity index (χ0n) is 20.4. The highest BCUT2D eigenvalue weighted by Crippen LogP contribution is 2.32. The summed E-state index contributed by atoms with van der Waals surface area (Å²) in [5.41, 5.74) is 3.90. The van der Waals surface area contributed by atoms with Gasteiger partial charge in [-0.15, -0.1) is 0 Å². The van der Waals surface area contributed by atoms with Crippen LogP contribution < -0.4 is 15.4 Å². The van der Waals surface area contributed by atoms with Gasteiger partial charge in [0.2, 0.25) is 0 Å². The Labute approximate surface area is 202 Å². The molecule has 1 saturated heterocycles. The Morgan fingerprint density at radius 2 is 1.76 bits per heavy atom. The molecule has 0 spiro atoms. The molecule has 0 atom stereocenters. The van der Waals surface area contributed by atoms with Crippen LogP contribution in [0, 0.1) is 0 Å². The van der Waals surface area contributed by atoms with Crippen molar-refractivity contribution in [2.45, 2.75) is 45.1 Å². The molecule has 0 aliphatic carbocycles. The zero-order chi connectivity index (χ0) is 24.1. The van der Waals surface area contributed by atoms with Crippen molar-refractivity contribution in [2.24, 2.45) is 0 Å². The van der Waals surface area contributed by atoms with Crippen LogP contribution >= 0.6 is 0 Å². The first-order valence-corrected chi connectivity index (χ1v) is 12.2. The molecule has 34 heavy (non-hydrogen) atoms. The predicted octanol–water partition coefficient (Wildman–Crippen LogP) is 4.06. The number of allylic oxidation sites excluding steroid dienone is 1. The summed E-state index contributed by atoms with van der Waals surface area (Å²) >= 11 is 0. The number of piperidine rings is 1. The number of carbonyl (C=O) groups is 2. The van der Waals surface area contributed by atoms with Gasteiger partial charge in [0.25, 0.3) is 5.91 Å². The number of carbonyl (C=O) groups excluding carboxylic acids is 2. The van der Waals surface area contributed by atoms with Crippen LogP contribution in [0.15, 0.2) is 48.5 Å². The number of fused-ring (bicyclic) bond motifs is 1. The molecule has 0 radical (unpaired) electrons. The van der Waals surface area contributed by atoms with E-state index >= 15 is 0 Å². The predicted molar refractivity (Wildman–Crippen MR) is 135 cm³/mol. The van der Waals surface area contributed by atoms with Crippen LogP contribution in [0.1, 0.15) is 65.0 Å². The second kappa shape index (κ2) is 10.4. The lowest BCUT2D eigenvalue weighted by molar-refractivity contribution is 0.0945. The minimum absolute atomic E-state index is 0.105. The lowest BCUT2D eigenvalue weighted by Gasteiger charge is -2.35. The van der Waals surface area contributed by atoms with Crippen LogP contribution in [-0.4, -0.2) is 55.4 Å². The smallest absolute Gasteiger partial charge is 0.251 e. The van der Waals surface area contributed by atoms with Crippen molar-refractivity contribution in [1.29, 1.82) is 0 Å². The van der Waals surface area contributed by atoms with Gasteiger partial charge in [-0.25, -0.2) is 0 Å². The maximum absolute atomic E-state index is 13.1. The number of nitrogens with zero attached hydrogens (tertiary/aromatic N) is 1. The van der Waals surface area contributed by atoms with Gasteiger partial charge >= 0.3 is 0 Å². The van der Waals surface area contributed by atoms with E-state index in [2.05, 4.69) is 35.4 Å². The molecule has 1 fully saturated rings. The number of amides is 1. The maximum atomic E-state index is 13.1.